The van der Waals surface area contributed by atoms with Crippen molar-refractivity contribution in [3.05, 3.63) is 11.4 Å². The van der Waals surface area contributed by atoms with Crippen LogP contribution in [0.4, 0.5) is 11.6 Å². The van der Waals surface area contributed by atoms with Crippen LogP contribution in [0.2, 0.25) is 0 Å². The number of methoxy groups -OCH3 is 1. The van der Waals surface area contributed by atoms with Crippen LogP contribution in [0.25, 0.3) is 0 Å². The third kappa shape index (κ3) is 4.04. The molecule has 19 heavy (non-hydrogen) atoms. The molecule has 0 bridgehead atoms. The zero-order valence-corrected chi connectivity index (χ0v) is 12.2. The SMILES string of the molecule is CCc1nc(NC)c(C)c(N(CCO)CCOC)n1. The van der Waals surface area contributed by atoms with Gasteiger partial charge in [-0.1, -0.05) is 6.92 Å². The average molecular weight is 268 g/mol. The third-order valence-corrected chi connectivity index (χ3v) is 2.95. The second-order valence-corrected chi connectivity index (χ2v) is 4.24. The van der Waals surface area contributed by atoms with Crippen LogP contribution >= 0.6 is 0 Å². The highest BCUT2D eigenvalue weighted by Crippen LogP contribution is 2.23. The minimum Gasteiger partial charge on any atom is -0.395 e. The van der Waals surface area contributed by atoms with Crippen molar-refractivity contribution in [3.63, 3.8) is 0 Å². The van der Waals surface area contributed by atoms with Gasteiger partial charge in [0.1, 0.15) is 17.5 Å². The van der Waals surface area contributed by atoms with Gasteiger partial charge in [-0.2, -0.15) is 0 Å². The Morgan fingerprint density at radius 3 is 2.58 bits per heavy atom. The van der Waals surface area contributed by atoms with Gasteiger partial charge in [0.2, 0.25) is 0 Å². The molecule has 6 nitrogen and oxygen atoms in total. The lowest BCUT2D eigenvalue weighted by molar-refractivity contribution is 0.202. The Morgan fingerprint density at radius 2 is 2.05 bits per heavy atom. The molecule has 0 radical (unpaired) electrons. The first kappa shape index (κ1) is 15.7. The van der Waals surface area contributed by atoms with Crippen molar-refractivity contribution >= 4 is 11.6 Å². The fourth-order valence-electron chi connectivity index (χ4n) is 1.91. The van der Waals surface area contributed by atoms with Crippen LogP contribution in [-0.4, -0.2) is 55.5 Å². The van der Waals surface area contributed by atoms with Crippen LogP contribution in [0.3, 0.4) is 0 Å². The number of aromatic nitrogens is 2. The average Bonchev–Trinajstić information content (AvgIpc) is 2.44. The molecule has 1 aromatic rings. The molecule has 0 fully saturated rings. The van der Waals surface area contributed by atoms with E-state index in [1.54, 1.807) is 7.11 Å². The standard InChI is InChI=1S/C13H24N4O2/c1-5-11-15-12(14-3)10(2)13(16-11)17(6-8-18)7-9-19-4/h18H,5-9H2,1-4H3,(H,14,15,16). The highest BCUT2D eigenvalue weighted by Gasteiger charge is 2.15. The highest BCUT2D eigenvalue weighted by atomic mass is 16.5. The summed E-state index contributed by atoms with van der Waals surface area (Å²) in [5.74, 6) is 2.50. The number of aliphatic hydroxyl groups excluding tert-OH is 1. The Balaban J connectivity index is 3.11. The quantitative estimate of drug-likeness (QED) is 0.728. The van der Waals surface area contributed by atoms with Crippen LogP contribution < -0.4 is 10.2 Å². The monoisotopic (exact) mass is 268 g/mol. The smallest absolute Gasteiger partial charge is 0.137 e. The molecule has 0 unspecified atom stereocenters. The molecule has 1 aromatic heterocycles. The first-order valence-electron chi connectivity index (χ1n) is 6.57. The summed E-state index contributed by atoms with van der Waals surface area (Å²) >= 11 is 0. The van der Waals surface area contributed by atoms with Gasteiger partial charge in [-0.3, -0.25) is 0 Å². The molecule has 0 aliphatic heterocycles. The fourth-order valence-corrected chi connectivity index (χ4v) is 1.91. The van der Waals surface area contributed by atoms with E-state index in [1.165, 1.54) is 0 Å². The molecule has 0 saturated carbocycles. The molecule has 0 saturated heterocycles. The summed E-state index contributed by atoms with van der Waals surface area (Å²) in [6, 6.07) is 0. The summed E-state index contributed by atoms with van der Waals surface area (Å²) in [5.41, 5.74) is 0.990. The van der Waals surface area contributed by atoms with Crippen molar-refractivity contribution in [2.45, 2.75) is 20.3 Å². The maximum Gasteiger partial charge on any atom is 0.137 e. The maximum atomic E-state index is 9.20. The van der Waals surface area contributed by atoms with Crippen LogP contribution in [0.15, 0.2) is 0 Å². The van der Waals surface area contributed by atoms with Crippen LogP contribution in [0.1, 0.15) is 18.3 Å². The zero-order chi connectivity index (χ0) is 14.3. The van der Waals surface area contributed by atoms with Gasteiger partial charge in [-0.25, -0.2) is 9.97 Å². The first-order valence-corrected chi connectivity index (χ1v) is 6.57. The molecule has 0 amide bonds. The van der Waals surface area contributed by atoms with Gasteiger partial charge < -0.3 is 20.1 Å². The maximum absolute atomic E-state index is 9.20. The summed E-state index contributed by atoms with van der Waals surface area (Å²) < 4.78 is 5.11. The van der Waals surface area contributed by atoms with Crippen molar-refractivity contribution in [2.24, 2.45) is 0 Å². The summed E-state index contributed by atoms with van der Waals surface area (Å²) in [6.07, 6.45) is 0.777. The summed E-state index contributed by atoms with van der Waals surface area (Å²) in [6.45, 7) is 5.93. The Kier molecular flexibility index (Phi) is 6.52. The molecular formula is C13H24N4O2. The van der Waals surface area contributed by atoms with E-state index in [1.807, 2.05) is 25.8 Å². The van der Waals surface area contributed by atoms with E-state index in [9.17, 15) is 5.11 Å². The lowest BCUT2D eigenvalue weighted by Crippen LogP contribution is -2.32. The molecule has 0 aliphatic rings. The van der Waals surface area contributed by atoms with Gasteiger partial charge in [0.25, 0.3) is 0 Å². The Morgan fingerprint density at radius 1 is 1.32 bits per heavy atom. The number of ether oxygens (including phenoxy) is 1. The Bertz CT molecular complexity index is 398. The second-order valence-electron chi connectivity index (χ2n) is 4.24. The largest absolute Gasteiger partial charge is 0.395 e. The summed E-state index contributed by atoms with van der Waals surface area (Å²) in [4.78, 5) is 11.1. The normalized spacial score (nSPS) is 10.6. The van der Waals surface area contributed by atoms with E-state index < -0.39 is 0 Å². The van der Waals surface area contributed by atoms with Gasteiger partial charge in [0, 0.05) is 39.2 Å². The number of nitrogens with zero attached hydrogens (tertiary/aromatic N) is 3. The van der Waals surface area contributed by atoms with Crippen LogP contribution in [-0.2, 0) is 11.2 Å². The number of anilines is 2. The van der Waals surface area contributed by atoms with Gasteiger partial charge in [-0.05, 0) is 6.92 Å². The molecule has 0 atom stereocenters. The summed E-state index contributed by atoms with van der Waals surface area (Å²) in [7, 11) is 3.52. The molecular weight excluding hydrogens is 244 g/mol. The molecule has 0 spiro atoms. The minimum absolute atomic E-state index is 0.0868. The first-order chi connectivity index (χ1) is 9.17. The number of nitrogens with one attached hydrogen (secondary N) is 1. The van der Waals surface area contributed by atoms with Crippen LogP contribution in [0, 0.1) is 6.92 Å². The van der Waals surface area contributed by atoms with Crippen molar-refractivity contribution in [3.8, 4) is 0 Å². The van der Waals surface area contributed by atoms with E-state index in [0.29, 0.717) is 19.7 Å². The van der Waals surface area contributed by atoms with Gasteiger partial charge >= 0.3 is 0 Å². The predicted octanol–water partition coefficient (Wildman–Crippen LogP) is 0.834. The molecule has 0 aliphatic carbocycles. The van der Waals surface area contributed by atoms with Crippen LogP contribution in [0.5, 0.6) is 0 Å². The highest BCUT2D eigenvalue weighted by molar-refractivity contribution is 5.58. The molecule has 0 aromatic carbocycles. The molecule has 108 valence electrons. The van der Waals surface area contributed by atoms with Crippen molar-refractivity contribution in [1.29, 1.82) is 0 Å². The van der Waals surface area contributed by atoms with Gasteiger partial charge in [0.15, 0.2) is 0 Å². The number of rotatable bonds is 8. The lowest BCUT2D eigenvalue weighted by Gasteiger charge is -2.25. The topological polar surface area (TPSA) is 70.5 Å². The van der Waals surface area contributed by atoms with E-state index in [4.69, 9.17) is 4.74 Å². The Hall–Kier alpha value is -1.40. The second kappa shape index (κ2) is 7.91. The van der Waals surface area contributed by atoms with E-state index in [2.05, 4.69) is 15.3 Å². The van der Waals surface area contributed by atoms with E-state index in [0.717, 1.165) is 29.4 Å². The van der Waals surface area contributed by atoms with E-state index in [-0.39, 0.29) is 6.61 Å². The van der Waals surface area contributed by atoms with Crippen molar-refractivity contribution in [1.82, 2.24) is 9.97 Å². The van der Waals surface area contributed by atoms with E-state index >= 15 is 0 Å². The zero-order valence-electron chi connectivity index (χ0n) is 12.2. The molecule has 1 heterocycles. The molecule has 1 rings (SSSR count). The minimum atomic E-state index is 0.0868. The number of aliphatic hydroxyl groups is 1. The lowest BCUT2D eigenvalue weighted by atomic mass is 10.2. The Labute approximate surface area is 114 Å². The van der Waals surface area contributed by atoms with Crippen molar-refractivity contribution in [2.75, 3.05) is 50.7 Å². The van der Waals surface area contributed by atoms with Crippen molar-refractivity contribution < 1.29 is 9.84 Å². The van der Waals surface area contributed by atoms with Gasteiger partial charge in [0.05, 0.1) is 13.2 Å². The van der Waals surface area contributed by atoms with Gasteiger partial charge in [-0.15, -0.1) is 0 Å². The predicted molar refractivity (Wildman–Crippen MR) is 76.9 cm³/mol. The fraction of sp³-hybridized carbons (Fsp3) is 0.692. The number of aryl methyl sites for hydroxylation is 1. The number of hydrogen-bond donors (Lipinski definition) is 2. The molecule has 6 heteroatoms. The third-order valence-electron chi connectivity index (χ3n) is 2.95. The molecule has 2 N–H and O–H groups in total. The number of hydrogen-bond acceptors (Lipinski definition) is 6. The summed E-state index contributed by atoms with van der Waals surface area (Å²) in [5, 5.41) is 12.3.